The second kappa shape index (κ2) is 4.37. The average molecular weight is 220 g/mol. The number of pyridine rings is 1. The lowest BCUT2D eigenvalue weighted by molar-refractivity contribution is 0.133. The third-order valence-corrected chi connectivity index (χ3v) is 2.53. The van der Waals surface area contributed by atoms with Gasteiger partial charge in [-0.1, -0.05) is 0 Å². The molecule has 5 nitrogen and oxygen atoms in total. The van der Waals surface area contributed by atoms with E-state index in [9.17, 15) is 5.11 Å². The second-order valence-corrected chi connectivity index (χ2v) is 4.27. The van der Waals surface area contributed by atoms with E-state index in [-0.39, 0.29) is 5.69 Å². The molecule has 0 fully saturated rings. The number of hydrogen-bond acceptors (Lipinski definition) is 5. The number of nitriles is 1. The molecule has 1 aromatic heterocycles. The molecular weight excluding hydrogens is 204 g/mol. The molecule has 16 heavy (non-hydrogen) atoms. The smallest absolute Gasteiger partial charge is 0.165 e. The highest BCUT2D eigenvalue weighted by atomic mass is 16.3. The highest BCUT2D eigenvalue weighted by molar-refractivity contribution is 5.55. The Kier molecular flexibility index (Phi) is 3.35. The molecule has 0 saturated heterocycles. The third-order valence-electron chi connectivity index (χ3n) is 2.53. The van der Waals surface area contributed by atoms with Gasteiger partial charge in [0, 0.05) is 0 Å². The van der Waals surface area contributed by atoms with E-state index in [1.54, 1.807) is 19.1 Å². The van der Waals surface area contributed by atoms with Gasteiger partial charge in [0.1, 0.15) is 11.9 Å². The summed E-state index contributed by atoms with van der Waals surface area (Å²) in [6.45, 7) is 5.39. The largest absolute Gasteiger partial charge is 0.396 e. The van der Waals surface area contributed by atoms with E-state index in [2.05, 4.69) is 10.3 Å². The van der Waals surface area contributed by atoms with Gasteiger partial charge in [0.25, 0.3) is 0 Å². The van der Waals surface area contributed by atoms with Crippen LogP contribution in [0.5, 0.6) is 0 Å². The Hall–Kier alpha value is -1.80. The molecule has 1 heterocycles. The molecule has 0 aromatic carbocycles. The molecule has 5 heteroatoms. The zero-order valence-electron chi connectivity index (χ0n) is 9.65. The molecule has 86 valence electrons. The molecule has 0 amide bonds. The van der Waals surface area contributed by atoms with E-state index in [1.807, 2.05) is 19.9 Å². The zero-order chi connectivity index (χ0) is 12.3. The molecule has 0 saturated carbocycles. The van der Waals surface area contributed by atoms with Crippen LogP contribution in [0, 0.1) is 11.3 Å². The summed E-state index contributed by atoms with van der Waals surface area (Å²) in [5.74, 6) is 0.525. The van der Waals surface area contributed by atoms with Crippen LogP contribution in [0.2, 0.25) is 0 Å². The minimum atomic E-state index is -0.544. The van der Waals surface area contributed by atoms with E-state index in [0.29, 0.717) is 11.5 Å². The van der Waals surface area contributed by atoms with Crippen LogP contribution in [0.4, 0.5) is 11.5 Å². The SMILES string of the molecule is CC(O)C(C)(C)Nc1ccc(N)c(C#N)n1. The Bertz CT molecular complexity index is 420. The predicted molar refractivity (Wildman–Crippen MR) is 62.7 cm³/mol. The summed E-state index contributed by atoms with van der Waals surface area (Å²) in [5.41, 5.74) is 5.58. The summed E-state index contributed by atoms with van der Waals surface area (Å²) in [6.07, 6.45) is -0.544. The molecule has 1 atom stereocenters. The summed E-state index contributed by atoms with van der Waals surface area (Å²) < 4.78 is 0. The van der Waals surface area contributed by atoms with Gasteiger partial charge in [0.15, 0.2) is 5.69 Å². The van der Waals surface area contributed by atoms with Crippen molar-refractivity contribution < 1.29 is 5.11 Å². The highest BCUT2D eigenvalue weighted by Crippen LogP contribution is 2.18. The van der Waals surface area contributed by atoms with E-state index in [4.69, 9.17) is 11.0 Å². The fraction of sp³-hybridized carbons (Fsp3) is 0.455. The number of nitrogens with one attached hydrogen (secondary N) is 1. The van der Waals surface area contributed by atoms with Crippen molar-refractivity contribution in [3.8, 4) is 6.07 Å². The zero-order valence-corrected chi connectivity index (χ0v) is 9.65. The van der Waals surface area contributed by atoms with Gasteiger partial charge in [-0.2, -0.15) is 5.26 Å². The van der Waals surface area contributed by atoms with Crippen LogP contribution in [-0.4, -0.2) is 21.7 Å². The van der Waals surface area contributed by atoms with Crippen molar-refractivity contribution in [2.75, 3.05) is 11.1 Å². The predicted octanol–water partition coefficient (Wildman–Crippen LogP) is 1.11. The number of nitrogen functional groups attached to an aromatic ring is 1. The van der Waals surface area contributed by atoms with Gasteiger partial charge in [-0.3, -0.25) is 0 Å². The van der Waals surface area contributed by atoms with Gasteiger partial charge in [-0.25, -0.2) is 4.98 Å². The fourth-order valence-electron chi connectivity index (χ4n) is 1.06. The average Bonchev–Trinajstić information content (AvgIpc) is 2.20. The molecule has 4 N–H and O–H groups in total. The van der Waals surface area contributed by atoms with E-state index < -0.39 is 11.6 Å². The van der Waals surface area contributed by atoms with Crippen LogP contribution < -0.4 is 11.1 Å². The first kappa shape index (κ1) is 12.3. The van der Waals surface area contributed by atoms with Gasteiger partial charge in [0.2, 0.25) is 0 Å². The van der Waals surface area contributed by atoms with Crippen molar-refractivity contribution in [1.82, 2.24) is 4.98 Å². The molecular formula is C11H16N4O. The molecule has 1 rings (SSSR count). The lowest BCUT2D eigenvalue weighted by Crippen LogP contribution is -2.42. The number of aromatic nitrogens is 1. The van der Waals surface area contributed by atoms with Crippen LogP contribution in [0.25, 0.3) is 0 Å². The molecule has 0 radical (unpaired) electrons. The van der Waals surface area contributed by atoms with Crippen molar-refractivity contribution in [2.24, 2.45) is 0 Å². The number of aliphatic hydroxyl groups is 1. The molecule has 0 aliphatic carbocycles. The highest BCUT2D eigenvalue weighted by Gasteiger charge is 2.24. The topological polar surface area (TPSA) is 95.0 Å². The van der Waals surface area contributed by atoms with Crippen molar-refractivity contribution in [1.29, 1.82) is 5.26 Å². The lowest BCUT2D eigenvalue weighted by Gasteiger charge is -2.29. The standard InChI is InChI=1S/C11H16N4O/c1-7(16)11(2,3)15-10-5-4-8(13)9(6-12)14-10/h4-5,7,16H,13H2,1-3H3,(H,14,15). The van der Waals surface area contributed by atoms with Gasteiger partial charge < -0.3 is 16.2 Å². The van der Waals surface area contributed by atoms with Gasteiger partial charge in [0.05, 0.1) is 17.3 Å². The second-order valence-electron chi connectivity index (χ2n) is 4.27. The number of hydrogen-bond donors (Lipinski definition) is 3. The van der Waals surface area contributed by atoms with Crippen molar-refractivity contribution in [3.05, 3.63) is 17.8 Å². The van der Waals surface area contributed by atoms with Gasteiger partial charge >= 0.3 is 0 Å². The molecule has 0 spiro atoms. The van der Waals surface area contributed by atoms with Crippen LogP contribution in [0.3, 0.4) is 0 Å². The Balaban J connectivity index is 2.96. The first-order valence-corrected chi connectivity index (χ1v) is 4.99. The maximum Gasteiger partial charge on any atom is 0.165 e. The Morgan fingerprint density at radius 2 is 2.19 bits per heavy atom. The first-order chi connectivity index (χ1) is 7.36. The number of aliphatic hydroxyl groups excluding tert-OH is 1. The number of rotatable bonds is 3. The van der Waals surface area contributed by atoms with Crippen LogP contribution >= 0.6 is 0 Å². The number of nitrogens with zero attached hydrogens (tertiary/aromatic N) is 2. The summed E-state index contributed by atoms with van der Waals surface area (Å²) in [7, 11) is 0. The first-order valence-electron chi connectivity index (χ1n) is 4.99. The van der Waals surface area contributed by atoms with Crippen molar-refractivity contribution >= 4 is 11.5 Å². The van der Waals surface area contributed by atoms with Gasteiger partial charge in [-0.05, 0) is 32.9 Å². The summed E-state index contributed by atoms with van der Waals surface area (Å²) >= 11 is 0. The molecule has 1 unspecified atom stereocenters. The van der Waals surface area contributed by atoms with Gasteiger partial charge in [-0.15, -0.1) is 0 Å². The van der Waals surface area contributed by atoms with E-state index in [0.717, 1.165) is 0 Å². The van der Waals surface area contributed by atoms with Crippen molar-refractivity contribution in [2.45, 2.75) is 32.4 Å². The fourth-order valence-corrected chi connectivity index (χ4v) is 1.06. The van der Waals surface area contributed by atoms with Crippen molar-refractivity contribution in [3.63, 3.8) is 0 Å². The van der Waals surface area contributed by atoms with Crippen LogP contribution in [0.15, 0.2) is 12.1 Å². The molecule has 0 aliphatic rings. The quantitative estimate of drug-likeness (QED) is 0.709. The van der Waals surface area contributed by atoms with E-state index >= 15 is 0 Å². The summed E-state index contributed by atoms with van der Waals surface area (Å²) in [4.78, 5) is 4.05. The monoisotopic (exact) mass is 220 g/mol. The Labute approximate surface area is 94.9 Å². The normalized spacial score (nSPS) is 12.9. The van der Waals surface area contributed by atoms with Crippen LogP contribution in [-0.2, 0) is 0 Å². The Morgan fingerprint density at radius 1 is 1.56 bits per heavy atom. The minimum absolute atomic E-state index is 0.186. The third kappa shape index (κ3) is 2.61. The molecule has 0 aliphatic heterocycles. The molecule has 0 bridgehead atoms. The molecule has 1 aromatic rings. The maximum atomic E-state index is 9.54. The minimum Gasteiger partial charge on any atom is -0.396 e. The number of nitrogens with two attached hydrogens (primary N) is 1. The maximum absolute atomic E-state index is 9.54. The van der Waals surface area contributed by atoms with E-state index in [1.165, 1.54) is 0 Å². The van der Waals surface area contributed by atoms with Crippen LogP contribution in [0.1, 0.15) is 26.5 Å². The summed E-state index contributed by atoms with van der Waals surface area (Å²) in [5, 5.41) is 21.4. The summed E-state index contributed by atoms with van der Waals surface area (Å²) in [6, 6.07) is 5.21. The Morgan fingerprint density at radius 3 is 2.69 bits per heavy atom. The number of anilines is 2. The lowest BCUT2D eigenvalue weighted by atomic mass is 9.99.